The summed E-state index contributed by atoms with van der Waals surface area (Å²) in [6, 6.07) is 15.3. The van der Waals surface area contributed by atoms with Gasteiger partial charge in [0, 0.05) is 30.8 Å². The highest BCUT2D eigenvalue weighted by Crippen LogP contribution is 2.44. The van der Waals surface area contributed by atoms with Crippen LogP contribution in [0.1, 0.15) is 24.0 Å². The maximum Gasteiger partial charge on any atom is 0.318 e. The zero-order valence-electron chi connectivity index (χ0n) is 14.9. The third kappa shape index (κ3) is 3.45. The molecule has 2 aliphatic rings. The summed E-state index contributed by atoms with van der Waals surface area (Å²) in [5.41, 5.74) is 1.71. The van der Waals surface area contributed by atoms with Crippen LogP contribution in [0.25, 0.3) is 0 Å². The number of fused-ring (bicyclic) bond motifs is 2. The van der Waals surface area contributed by atoms with Gasteiger partial charge in [0.15, 0.2) is 0 Å². The van der Waals surface area contributed by atoms with Gasteiger partial charge < -0.3 is 14.2 Å². The second kappa shape index (κ2) is 7.48. The largest absolute Gasteiger partial charge is 0.461 e. The first-order valence-corrected chi connectivity index (χ1v) is 9.08. The van der Waals surface area contributed by atoms with E-state index in [9.17, 15) is 4.79 Å². The summed E-state index contributed by atoms with van der Waals surface area (Å²) in [7, 11) is 0. The summed E-state index contributed by atoms with van der Waals surface area (Å²) in [4.78, 5) is 15.3. The maximum absolute atomic E-state index is 13.1. The van der Waals surface area contributed by atoms with Crippen LogP contribution in [0, 0.1) is 0 Å². The number of para-hydroxylation sites is 2. The van der Waals surface area contributed by atoms with E-state index in [1.807, 2.05) is 55.5 Å². The molecule has 0 N–H and O–H groups in total. The van der Waals surface area contributed by atoms with Crippen LogP contribution in [0.4, 0.5) is 0 Å². The number of nitrogens with zero attached hydrogens (tertiary/aromatic N) is 1. The Bertz CT molecular complexity index is 740. The molecule has 0 aromatic heterocycles. The third-order valence-electron chi connectivity index (χ3n) is 4.85. The Morgan fingerprint density at radius 3 is 2.27 bits per heavy atom. The van der Waals surface area contributed by atoms with Crippen molar-refractivity contribution in [2.24, 2.45) is 0 Å². The molecule has 2 aromatic carbocycles. The number of benzene rings is 2. The number of hydrogen-bond acceptors (Lipinski definition) is 5. The van der Waals surface area contributed by atoms with Gasteiger partial charge in [-0.1, -0.05) is 36.4 Å². The zero-order chi connectivity index (χ0) is 17.9. The van der Waals surface area contributed by atoms with Crippen LogP contribution < -0.4 is 4.74 Å². The molecule has 0 saturated carbocycles. The van der Waals surface area contributed by atoms with E-state index < -0.39 is 5.92 Å². The van der Waals surface area contributed by atoms with E-state index in [0.717, 1.165) is 44.0 Å². The second-order valence-electron chi connectivity index (χ2n) is 6.77. The minimum atomic E-state index is -0.455. The number of hydrogen-bond donors (Lipinski definition) is 0. The Balaban J connectivity index is 1.53. The molecule has 5 heteroatoms. The van der Waals surface area contributed by atoms with Gasteiger partial charge in [0.2, 0.25) is 0 Å². The van der Waals surface area contributed by atoms with Crippen molar-refractivity contribution >= 4 is 5.97 Å². The topological polar surface area (TPSA) is 48.0 Å². The van der Waals surface area contributed by atoms with Crippen molar-refractivity contribution < 1.29 is 19.0 Å². The summed E-state index contributed by atoms with van der Waals surface area (Å²) in [6.45, 7) is 5.91. The van der Waals surface area contributed by atoms with Gasteiger partial charge in [0.25, 0.3) is 0 Å². The molecule has 0 bridgehead atoms. The Labute approximate surface area is 153 Å². The highest BCUT2D eigenvalue weighted by molar-refractivity contribution is 5.85. The normalized spacial score (nSPS) is 18.3. The van der Waals surface area contributed by atoms with E-state index in [1.165, 1.54) is 0 Å². The van der Waals surface area contributed by atoms with E-state index in [2.05, 4.69) is 4.90 Å². The SMILES string of the molecule is CC(CN1CCOCC1)OC(=O)C1c2ccccc2Oc2ccccc21. The molecule has 0 amide bonds. The molecule has 5 nitrogen and oxygen atoms in total. The van der Waals surface area contributed by atoms with Crippen LogP contribution in [0.15, 0.2) is 48.5 Å². The monoisotopic (exact) mass is 353 g/mol. The molecule has 136 valence electrons. The summed E-state index contributed by atoms with van der Waals surface area (Å²) in [5.74, 6) is 0.750. The Morgan fingerprint density at radius 1 is 1.08 bits per heavy atom. The molecule has 26 heavy (non-hydrogen) atoms. The molecule has 1 fully saturated rings. The summed E-state index contributed by atoms with van der Waals surface area (Å²) in [6.07, 6.45) is -0.178. The first-order chi connectivity index (χ1) is 12.7. The molecule has 2 aliphatic heterocycles. The van der Waals surface area contributed by atoms with E-state index in [1.54, 1.807) is 0 Å². The number of ether oxygens (including phenoxy) is 3. The Morgan fingerprint density at radius 2 is 1.65 bits per heavy atom. The van der Waals surface area contributed by atoms with Crippen LogP contribution in [0.2, 0.25) is 0 Å². The van der Waals surface area contributed by atoms with Gasteiger partial charge in [-0.05, 0) is 19.1 Å². The molecule has 2 aromatic rings. The average Bonchev–Trinajstić information content (AvgIpc) is 2.66. The molecule has 0 spiro atoms. The first-order valence-electron chi connectivity index (χ1n) is 9.08. The van der Waals surface area contributed by atoms with Crippen LogP contribution >= 0.6 is 0 Å². The van der Waals surface area contributed by atoms with Crippen molar-refractivity contribution in [2.75, 3.05) is 32.8 Å². The fourth-order valence-corrected chi connectivity index (χ4v) is 3.61. The van der Waals surface area contributed by atoms with Crippen LogP contribution in [0.3, 0.4) is 0 Å². The average molecular weight is 353 g/mol. The lowest BCUT2D eigenvalue weighted by Crippen LogP contribution is -2.41. The number of rotatable bonds is 4. The lowest BCUT2D eigenvalue weighted by atomic mass is 9.88. The van der Waals surface area contributed by atoms with E-state index in [4.69, 9.17) is 14.2 Å². The number of carbonyl (C=O) groups is 1. The fourth-order valence-electron chi connectivity index (χ4n) is 3.61. The summed E-state index contributed by atoms with van der Waals surface area (Å²) >= 11 is 0. The van der Waals surface area contributed by atoms with Crippen molar-refractivity contribution in [1.29, 1.82) is 0 Å². The van der Waals surface area contributed by atoms with Gasteiger partial charge in [0.05, 0.1) is 13.2 Å². The second-order valence-corrected chi connectivity index (χ2v) is 6.77. The van der Waals surface area contributed by atoms with E-state index >= 15 is 0 Å². The van der Waals surface area contributed by atoms with Crippen LogP contribution in [0.5, 0.6) is 11.5 Å². The van der Waals surface area contributed by atoms with Gasteiger partial charge in [-0.2, -0.15) is 0 Å². The minimum absolute atomic E-state index is 0.178. The van der Waals surface area contributed by atoms with Crippen molar-refractivity contribution in [2.45, 2.75) is 18.9 Å². The van der Waals surface area contributed by atoms with Gasteiger partial charge >= 0.3 is 5.97 Å². The Hall–Kier alpha value is -2.37. The molecular formula is C21H23NO4. The molecule has 1 saturated heterocycles. The van der Waals surface area contributed by atoms with E-state index in [-0.39, 0.29) is 12.1 Å². The molecule has 2 heterocycles. The molecule has 1 atom stereocenters. The predicted octanol–water partition coefficient (Wildman–Crippen LogP) is 3.19. The summed E-state index contributed by atoms with van der Waals surface area (Å²) in [5, 5.41) is 0. The fraction of sp³-hybridized carbons (Fsp3) is 0.381. The molecular weight excluding hydrogens is 330 g/mol. The highest BCUT2D eigenvalue weighted by atomic mass is 16.5. The van der Waals surface area contributed by atoms with Gasteiger partial charge in [0.1, 0.15) is 23.5 Å². The van der Waals surface area contributed by atoms with Crippen LogP contribution in [-0.4, -0.2) is 49.8 Å². The maximum atomic E-state index is 13.1. The smallest absolute Gasteiger partial charge is 0.318 e. The highest BCUT2D eigenvalue weighted by Gasteiger charge is 2.34. The van der Waals surface area contributed by atoms with Crippen molar-refractivity contribution in [1.82, 2.24) is 4.90 Å². The van der Waals surface area contributed by atoms with Gasteiger partial charge in [-0.15, -0.1) is 0 Å². The lowest BCUT2D eigenvalue weighted by molar-refractivity contribution is -0.150. The number of carbonyl (C=O) groups excluding carboxylic acids is 1. The van der Waals surface area contributed by atoms with Crippen LogP contribution in [-0.2, 0) is 14.3 Å². The van der Waals surface area contributed by atoms with Gasteiger partial charge in [-0.25, -0.2) is 0 Å². The first kappa shape index (κ1) is 17.1. The molecule has 0 aliphatic carbocycles. The predicted molar refractivity (Wildman–Crippen MR) is 97.6 cm³/mol. The molecule has 0 radical (unpaired) electrons. The zero-order valence-corrected chi connectivity index (χ0v) is 14.9. The van der Waals surface area contributed by atoms with Gasteiger partial charge in [-0.3, -0.25) is 9.69 Å². The standard InChI is InChI=1S/C21H23NO4/c1-15(14-22-10-12-24-13-11-22)25-21(23)20-16-6-2-4-8-18(16)26-19-9-5-3-7-17(19)20/h2-9,15,20H,10-14H2,1H3. The number of morpholine rings is 1. The van der Waals surface area contributed by atoms with E-state index in [0.29, 0.717) is 11.5 Å². The lowest BCUT2D eigenvalue weighted by Gasteiger charge is -2.31. The van der Waals surface area contributed by atoms with Crippen molar-refractivity contribution in [3.63, 3.8) is 0 Å². The number of esters is 1. The quantitative estimate of drug-likeness (QED) is 0.790. The minimum Gasteiger partial charge on any atom is -0.461 e. The molecule has 4 rings (SSSR count). The van der Waals surface area contributed by atoms with Crippen molar-refractivity contribution in [3.8, 4) is 11.5 Å². The Kier molecular flexibility index (Phi) is 4.91. The molecule has 1 unspecified atom stereocenters. The summed E-state index contributed by atoms with van der Waals surface area (Å²) < 4.78 is 17.2. The third-order valence-corrected chi connectivity index (χ3v) is 4.85. The van der Waals surface area contributed by atoms with Crippen molar-refractivity contribution in [3.05, 3.63) is 59.7 Å².